The van der Waals surface area contributed by atoms with Crippen LogP contribution in [0.2, 0.25) is 0 Å². The molecule has 0 bridgehead atoms. The summed E-state index contributed by atoms with van der Waals surface area (Å²) in [6.07, 6.45) is 6.21. The van der Waals surface area contributed by atoms with Crippen LogP contribution in [-0.4, -0.2) is 5.78 Å². The molecule has 0 spiro atoms. The minimum Gasteiger partial charge on any atom is -0.465 e. The molecule has 0 atom stereocenters. The van der Waals surface area contributed by atoms with Gasteiger partial charge in [-0.25, -0.2) is 0 Å². The molecule has 0 unspecified atom stereocenters. The van der Waals surface area contributed by atoms with E-state index < -0.39 is 0 Å². The zero-order chi connectivity index (χ0) is 11.5. The van der Waals surface area contributed by atoms with Gasteiger partial charge in [0.05, 0.1) is 12.5 Å². The topological polar surface area (TPSA) is 43.4 Å². The van der Waals surface area contributed by atoms with Gasteiger partial charge in [-0.3, -0.25) is 4.79 Å². The highest BCUT2D eigenvalue weighted by atomic mass is 16.3. The summed E-state index contributed by atoms with van der Waals surface area (Å²) in [7, 11) is 0. The Bertz CT molecular complexity index is 529. The van der Waals surface area contributed by atoms with Crippen molar-refractivity contribution in [1.82, 2.24) is 0 Å². The van der Waals surface area contributed by atoms with Crippen LogP contribution >= 0.6 is 0 Å². The molecule has 2 heterocycles. The molecule has 0 saturated heterocycles. The summed E-state index contributed by atoms with van der Waals surface area (Å²) < 4.78 is 10.3. The summed E-state index contributed by atoms with van der Waals surface area (Å²) in [6.45, 7) is 3.76. The van der Waals surface area contributed by atoms with Gasteiger partial charge in [0, 0.05) is 0 Å². The second-order valence-electron chi connectivity index (χ2n) is 3.60. The maximum absolute atomic E-state index is 11.7. The molecular weight excluding hydrogens is 204 g/mol. The highest BCUT2D eigenvalue weighted by Crippen LogP contribution is 2.13. The molecule has 0 aliphatic heterocycles. The van der Waals surface area contributed by atoms with Crippen molar-refractivity contribution in [1.29, 1.82) is 0 Å². The lowest BCUT2D eigenvalue weighted by molar-refractivity contribution is 0.102. The largest absolute Gasteiger partial charge is 0.465 e. The van der Waals surface area contributed by atoms with Crippen LogP contribution < -0.4 is 0 Å². The monoisotopic (exact) mass is 216 g/mol. The molecule has 0 radical (unpaired) electrons. The summed E-state index contributed by atoms with van der Waals surface area (Å²) >= 11 is 0. The molecule has 2 aromatic heterocycles. The first-order chi connectivity index (χ1) is 7.68. The maximum Gasteiger partial charge on any atom is 0.221 e. The van der Waals surface area contributed by atoms with E-state index >= 15 is 0 Å². The van der Waals surface area contributed by atoms with Gasteiger partial charge in [0.15, 0.2) is 5.76 Å². The van der Waals surface area contributed by atoms with Gasteiger partial charge < -0.3 is 8.83 Å². The fraction of sp³-hybridized carbons (Fsp3) is 0.154. The van der Waals surface area contributed by atoms with Crippen LogP contribution in [0.4, 0.5) is 0 Å². The van der Waals surface area contributed by atoms with Crippen molar-refractivity contribution >= 4 is 11.9 Å². The highest BCUT2D eigenvalue weighted by molar-refractivity contribution is 6.05. The number of hydrogen-bond acceptors (Lipinski definition) is 3. The Morgan fingerprint density at radius 1 is 1.12 bits per heavy atom. The van der Waals surface area contributed by atoms with Crippen LogP contribution in [0.25, 0.3) is 6.08 Å². The molecule has 82 valence electrons. The first-order valence-electron chi connectivity index (χ1n) is 4.99. The molecule has 0 aliphatic carbocycles. The molecule has 16 heavy (non-hydrogen) atoms. The fourth-order valence-electron chi connectivity index (χ4n) is 1.41. The van der Waals surface area contributed by atoms with Crippen molar-refractivity contribution in [2.24, 2.45) is 0 Å². The summed E-state index contributed by atoms with van der Waals surface area (Å²) in [6, 6.07) is 3.61. The Balaban J connectivity index is 2.17. The second kappa shape index (κ2) is 4.23. The SMILES string of the molecule is Cc1ccoc1C=CC(=O)c1occc1C. The van der Waals surface area contributed by atoms with E-state index in [4.69, 9.17) is 8.83 Å². The molecule has 2 rings (SSSR count). The first kappa shape index (κ1) is 10.5. The first-order valence-corrected chi connectivity index (χ1v) is 4.99. The lowest BCUT2D eigenvalue weighted by Gasteiger charge is -1.91. The van der Waals surface area contributed by atoms with E-state index in [2.05, 4.69) is 0 Å². The van der Waals surface area contributed by atoms with Crippen molar-refractivity contribution in [2.75, 3.05) is 0 Å². The van der Waals surface area contributed by atoms with Gasteiger partial charge in [0.25, 0.3) is 0 Å². The van der Waals surface area contributed by atoms with Gasteiger partial charge in [-0.15, -0.1) is 0 Å². The number of allylic oxidation sites excluding steroid dienone is 1. The van der Waals surface area contributed by atoms with Gasteiger partial charge in [-0.1, -0.05) is 0 Å². The van der Waals surface area contributed by atoms with E-state index in [-0.39, 0.29) is 5.78 Å². The number of carbonyl (C=O) groups excluding carboxylic acids is 1. The maximum atomic E-state index is 11.7. The molecule has 0 aliphatic rings. The van der Waals surface area contributed by atoms with Gasteiger partial charge >= 0.3 is 0 Å². The minimum absolute atomic E-state index is 0.154. The van der Waals surface area contributed by atoms with E-state index in [1.54, 1.807) is 18.4 Å². The Hall–Kier alpha value is -2.03. The Morgan fingerprint density at radius 2 is 1.81 bits per heavy atom. The Labute approximate surface area is 93.4 Å². The molecule has 0 aromatic carbocycles. The smallest absolute Gasteiger partial charge is 0.221 e. The van der Waals surface area contributed by atoms with Crippen molar-refractivity contribution in [3.8, 4) is 0 Å². The van der Waals surface area contributed by atoms with E-state index in [0.717, 1.165) is 11.1 Å². The summed E-state index contributed by atoms with van der Waals surface area (Å²) in [5.41, 5.74) is 1.84. The summed E-state index contributed by atoms with van der Waals surface area (Å²) in [5.74, 6) is 0.913. The second-order valence-corrected chi connectivity index (χ2v) is 3.60. The molecule has 0 amide bonds. The third kappa shape index (κ3) is 1.98. The number of aryl methyl sites for hydroxylation is 2. The fourth-order valence-corrected chi connectivity index (χ4v) is 1.41. The van der Waals surface area contributed by atoms with E-state index in [9.17, 15) is 4.79 Å². The number of furan rings is 2. The minimum atomic E-state index is -0.154. The molecule has 3 nitrogen and oxygen atoms in total. The third-order valence-electron chi connectivity index (χ3n) is 2.37. The van der Waals surface area contributed by atoms with Gasteiger partial charge in [0.1, 0.15) is 5.76 Å². The lowest BCUT2D eigenvalue weighted by atomic mass is 10.2. The van der Waals surface area contributed by atoms with Crippen molar-refractivity contribution in [3.63, 3.8) is 0 Å². The number of rotatable bonds is 3. The van der Waals surface area contributed by atoms with E-state index in [1.165, 1.54) is 12.3 Å². The summed E-state index contributed by atoms with van der Waals surface area (Å²) in [5, 5.41) is 0. The van der Waals surface area contributed by atoms with E-state index in [1.807, 2.05) is 19.9 Å². The average molecular weight is 216 g/mol. The van der Waals surface area contributed by atoms with Crippen LogP contribution in [0.1, 0.15) is 27.4 Å². The van der Waals surface area contributed by atoms with Crippen molar-refractivity contribution in [3.05, 3.63) is 53.4 Å². The number of hydrogen-bond donors (Lipinski definition) is 0. The Morgan fingerprint density at radius 3 is 2.38 bits per heavy atom. The quantitative estimate of drug-likeness (QED) is 0.583. The van der Waals surface area contributed by atoms with E-state index in [0.29, 0.717) is 11.5 Å². The number of carbonyl (C=O) groups is 1. The standard InChI is InChI=1S/C13H12O3/c1-9-5-7-15-12(9)4-3-11(14)13-10(2)6-8-16-13/h3-8H,1-2H3. The molecular formula is C13H12O3. The van der Waals surface area contributed by atoms with Crippen LogP contribution in [0.5, 0.6) is 0 Å². The van der Waals surface area contributed by atoms with Crippen LogP contribution in [0.3, 0.4) is 0 Å². The predicted molar refractivity (Wildman–Crippen MR) is 60.3 cm³/mol. The zero-order valence-corrected chi connectivity index (χ0v) is 9.19. The van der Waals surface area contributed by atoms with Crippen molar-refractivity contribution in [2.45, 2.75) is 13.8 Å². The van der Waals surface area contributed by atoms with Crippen LogP contribution in [0, 0.1) is 13.8 Å². The van der Waals surface area contributed by atoms with Crippen LogP contribution in [-0.2, 0) is 0 Å². The average Bonchev–Trinajstić information content (AvgIpc) is 2.84. The highest BCUT2D eigenvalue weighted by Gasteiger charge is 2.09. The molecule has 0 N–H and O–H groups in total. The van der Waals surface area contributed by atoms with Gasteiger partial charge in [0.2, 0.25) is 5.78 Å². The normalized spacial score (nSPS) is 11.1. The number of ketones is 1. The molecule has 3 heteroatoms. The Kier molecular flexibility index (Phi) is 2.77. The zero-order valence-electron chi connectivity index (χ0n) is 9.19. The van der Waals surface area contributed by atoms with Gasteiger partial charge in [-0.05, 0) is 49.3 Å². The van der Waals surface area contributed by atoms with Crippen molar-refractivity contribution < 1.29 is 13.6 Å². The third-order valence-corrected chi connectivity index (χ3v) is 2.37. The molecule has 0 saturated carbocycles. The lowest BCUT2D eigenvalue weighted by Crippen LogP contribution is -1.93. The van der Waals surface area contributed by atoms with Gasteiger partial charge in [-0.2, -0.15) is 0 Å². The predicted octanol–water partition coefficient (Wildman–Crippen LogP) is 3.39. The molecule has 2 aromatic rings. The summed E-state index contributed by atoms with van der Waals surface area (Å²) in [4.78, 5) is 11.7. The van der Waals surface area contributed by atoms with Crippen LogP contribution in [0.15, 0.2) is 39.6 Å². The molecule has 0 fully saturated rings.